The van der Waals surface area contributed by atoms with Crippen LogP contribution in [0.25, 0.3) is 28.2 Å². The maximum absolute atomic E-state index is 4.69. The van der Waals surface area contributed by atoms with Crippen LogP contribution in [0.2, 0.25) is 0 Å². The Hall–Kier alpha value is -3.20. The lowest BCUT2D eigenvalue weighted by Crippen LogP contribution is -2.01. The maximum atomic E-state index is 4.69. The van der Waals surface area contributed by atoms with E-state index in [1.807, 2.05) is 29.8 Å². The molecule has 3 aromatic carbocycles. The second-order valence-corrected chi connectivity index (χ2v) is 6.13. The third kappa shape index (κ3) is 2.96. The Labute approximate surface area is 147 Å². The number of aryl methyl sites for hydroxylation is 2. The molecule has 0 radical (unpaired) electrons. The molecule has 0 bridgehead atoms. The molecule has 4 rings (SSSR count). The molecule has 0 amide bonds. The molecule has 0 spiro atoms. The fraction of sp³-hybridized carbons (Fsp3) is 0.0909. The van der Waals surface area contributed by atoms with Crippen molar-refractivity contribution in [3.05, 3.63) is 90.3 Å². The molecule has 3 nitrogen and oxygen atoms in total. The summed E-state index contributed by atoms with van der Waals surface area (Å²) in [6.45, 7) is 4.02. The average Bonchev–Trinajstić information content (AvgIpc) is 3.04. The summed E-state index contributed by atoms with van der Waals surface area (Å²) in [5, 5.41) is 4.63. The number of aromatic nitrogens is 3. The highest BCUT2D eigenvalue weighted by atomic mass is 15.3. The summed E-state index contributed by atoms with van der Waals surface area (Å²) in [6, 6.07) is 27.1. The predicted octanol–water partition coefficient (Wildman–Crippen LogP) is 5.22. The van der Waals surface area contributed by atoms with Crippen LogP contribution in [0.3, 0.4) is 0 Å². The molecule has 25 heavy (non-hydrogen) atoms. The van der Waals surface area contributed by atoms with Crippen molar-refractivity contribution in [3.8, 4) is 28.2 Å². The zero-order chi connectivity index (χ0) is 17.2. The van der Waals surface area contributed by atoms with Crippen molar-refractivity contribution in [2.24, 2.45) is 0 Å². The second kappa shape index (κ2) is 6.36. The molecule has 0 fully saturated rings. The van der Waals surface area contributed by atoms with Gasteiger partial charge in [0.1, 0.15) is 5.82 Å². The molecular formula is C22H19N3. The van der Waals surface area contributed by atoms with Crippen LogP contribution in [0.5, 0.6) is 0 Å². The minimum atomic E-state index is 0.767. The van der Waals surface area contributed by atoms with Crippen molar-refractivity contribution in [3.63, 3.8) is 0 Å². The van der Waals surface area contributed by atoms with Gasteiger partial charge >= 0.3 is 0 Å². The van der Waals surface area contributed by atoms with Gasteiger partial charge < -0.3 is 0 Å². The van der Waals surface area contributed by atoms with Crippen LogP contribution < -0.4 is 0 Å². The Morgan fingerprint density at radius 1 is 0.680 bits per heavy atom. The Morgan fingerprint density at radius 2 is 1.36 bits per heavy atom. The lowest BCUT2D eigenvalue weighted by molar-refractivity contribution is 0.862. The molecule has 1 aromatic heterocycles. The third-order valence-corrected chi connectivity index (χ3v) is 4.28. The lowest BCUT2D eigenvalue weighted by Gasteiger charge is -2.10. The third-order valence-electron chi connectivity index (χ3n) is 4.28. The van der Waals surface area contributed by atoms with Gasteiger partial charge in [0.2, 0.25) is 0 Å². The normalized spacial score (nSPS) is 10.8. The van der Waals surface area contributed by atoms with Gasteiger partial charge in [-0.15, -0.1) is 0 Å². The second-order valence-electron chi connectivity index (χ2n) is 6.13. The first-order valence-electron chi connectivity index (χ1n) is 8.38. The molecule has 0 atom stereocenters. The smallest absolute Gasteiger partial charge is 0.163 e. The van der Waals surface area contributed by atoms with E-state index >= 15 is 0 Å². The largest absolute Gasteiger partial charge is 0.213 e. The highest BCUT2D eigenvalue weighted by Gasteiger charge is 2.13. The molecule has 0 aliphatic rings. The summed E-state index contributed by atoms with van der Waals surface area (Å²) in [7, 11) is 0. The van der Waals surface area contributed by atoms with E-state index in [4.69, 9.17) is 0 Å². The van der Waals surface area contributed by atoms with Gasteiger partial charge in [0, 0.05) is 5.56 Å². The average molecular weight is 325 g/mol. The van der Waals surface area contributed by atoms with E-state index in [2.05, 4.69) is 77.7 Å². The first-order valence-corrected chi connectivity index (χ1v) is 8.38. The van der Waals surface area contributed by atoms with Crippen molar-refractivity contribution in [1.29, 1.82) is 0 Å². The molecule has 0 saturated heterocycles. The van der Waals surface area contributed by atoms with E-state index in [-0.39, 0.29) is 0 Å². The first kappa shape index (κ1) is 15.3. The minimum Gasteiger partial charge on any atom is -0.213 e. The molecule has 0 aliphatic heterocycles. The van der Waals surface area contributed by atoms with E-state index in [1.165, 1.54) is 16.7 Å². The Kier molecular flexibility index (Phi) is 3.90. The zero-order valence-electron chi connectivity index (χ0n) is 14.3. The number of benzene rings is 3. The van der Waals surface area contributed by atoms with Crippen LogP contribution in [0, 0.1) is 13.8 Å². The van der Waals surface area contributed by atoms with Crippen molar-refractivity contribution in [1.82, 2.24) is 14.8 Å². The number of hydrogen-bond donors (Lipinski definition) is 0. The molecule has 0 unspecified atom stereocenters. The van der Waals surface area contributed by atoms with Gasteiger partial charge in [-0.1, -0.05) is 66.7 Å². The molecule has 122 valence electrons. The molecule has 1 heterocycles. The number of para-hydroxylation sites is 1. The van der Waals surface area contributed by atoms with Gasteiger partial charge in [0.25, 0.3) is 0 Å². The predicted molar refractivity (Wildman–Crippen MR) is 102 cm³/mol. The van der Waals surface area contributed by atoms with Crippen molar-refractivity contribution < 1.29 is 0 Å². The Balaban J connectivity index is 1.86. The van der Waals surface area contributed by atoms with Gasteiger partial charge in [0.05, 0.1) is 5.69 Å². The number of nitrogens with zero attached hydrogens (tertiary/aromatic N) is 3. The topological polar surface area (TPSA) is 30.7 Å². The fourth-order valence-corrected chi connectivity index (χ4v) is 3.04. The maximum Gasteiger partial charge on any atom is 0.163 e. The quantitative estimate of drug-likeness (QED) is 0.517. The minimum absolute atomic E-state index is 0.767. The van der Waals surface area contributed by atoms with E-state index in [0.29, 0.717) is 0 Å². The molecular weight excluding hydrogens is 306 g/mol. The zero-order valence-corrected chi connectivity index (χ0v) is 14.3. The summed E-state index contributed by atoms with van der Waals surface area (Å²) in [5.41, 5.74) is 5.67. The standard InChI is InChI=1S/C22H19N3/c1-16-9-6-7-14-21(16)25-22(23-17(2)24-25)20-13-8-12-19(15-20)18-10-4-3-5-11-18/h3-15H,1-2H3. The summed E-state index contributed by atoms with van der Waals surface area (Å²) < 4.78 is 1.94. The highest BCUT2D eigenvalue weighted by molar-refractivity contribution is 5.71. The Morgan fingerprint density at radius 3 is 2.16 bits per heavy atom. The van der Waals surface area contributed by atoms with Gasteiger partial charge in [-0.3, -0.25) is 0 Å². The van der Waals surface area contributed by atoms with Gasteiger partial charge in [-0.25, -0.2) is 9.67 Å². The Bertz CT molecular complexity index is 1020. The van der Waals surface area contributed by atoms with Gasteiger partial charge in [-0.05, 0) is 42.7 Å². The van der Waals surface area contributed by atoms with E-state index in [1.54, 1.807) is 0 Å². The molecule has 3 heteroatoms. The van der Waals surface area contributed by atoms with Crippen molar-refractivity contribution in [2.45, 2.75) is 13.8 Å². The highest BCUT2D eigenvalue weighted by Crippen LogP contribution is 2.27. The van der Waals surface area contributed by atoms with Crippen molar-refractivity contribution >= 4 is 0 Å². The van der Waals surface area contributed by atoms with Gasteiger partial charge in [0.15, 0.2) is 5.82 Å². The van der Waals surface area contributed by atoms with Crippen LogP contribution in [0.15, 0.2) is 78.9 Å². The lowest BCUT2D eigenvalue weighted by atomic mass is 10.0. The van der Waals surface area contributed by atoms with E-state index in [0.717, 1.165) is 22.9 Å². The van der Waals surface area contributed by atoms with E-state index in [9.17, 15) is 0 Å². The fourth-order valence-electron chi connectivity index (χ4n) is 3.04. The van der Waals surface area contributed by atoms with E-state index < -0.39 is 0 Å². The van der Waals surface area contributed by atoms with Crippen molar-refractivity contribution in [2.75, 3.05) is 0 Å². The summed E-state index contributed by atoms with van der Waals surface area (Å²) >= 11 is 0. The van der Waals surface area contributed by atoms with Crippen LogP contribution in [-0.2, 0) is 0 Å². The number of rotatable bonds is 3. The van der Waals surface area contributed by atoms with Gasteiger partial charge in [-0.2, -0.15) is 5.10 Å². The SMILES string of the molecule is Cc1nc(-c2cccc(-c3ccccc3)c2)n(-c2ccccc2C)n1. The molecule has 0 N–H and O–H groups in total. The molecule has 0 aliphatic carbocycles. The van der Waals surface area contributed by atoms with Crippen LogP contribution >= 0.6 is 0 Å². The summed E-state index contributed by atoms with van der Waals surface area (Å²) in [5.74, 6) is 1.63. The van der Waals surface area contributed by atoms with Crippen LogP contribution in [-0.4, -0.2) is 14.8 Å². The molecule has 0 saturated carbocycles. The van der Waals surface area contributed by atoms with Crippen LogP contribution in [0.1, 0.15) is 11.4 Å². The monoisotopic (exact) mass is 325 g/mol. The molecule has 4 aromatic rings. The first-order chi connectivity index (χ1) is 12.2. The summed E-state index contributed by atoms with van der Waals surface area (Å²) in [6.07, 6.45) is 0. The summed E-state index contributed by atoms with van der Waals surface area (Å²) in [4.78, 5) is 4.69. The number of hydrogen-bond acceptors (Lipinski definition) is 2. The van der Waals surface area contributed by atoms with Crippen LogP contribution in [0.4, 0.5) is 0 Å².